The zero-order valence-electron chi connectivity index (χ0n) is 16.6. The first kappa shape index (κ1) is 19.8. The number of carbonyl (C=O) groups is 1. The summed E-state index contributed by atoms with van der Waals surface area (Å²) in [6, 6.07) is 12.0. The standard InChI is InChI=1S/C23H20F2N2O3/c1-14-4-3-5-17(10-14)30-18-12-26(13-18)22(28)21-15(2)8-9-27(23(21)29)20-11-16(24)6-7-19(20)25/h3-11,18H,12-13H2,1-2H3. The molecule has 0 aliphatic carbocycles. The number of benzene rings is 2. The molecule has 0 atom stereocenters. The van der Waals surface area contributed by atoms with E-state index in [1.807, 2.05) is 31.2 Å². The minimum atomic E-state index is -0.753. The van der Waals surface area contributed by atoms with E-state index in [1.165, 1.54) is 11.1 Å². The Morgan fingerprint density at radius 1 is 1.07 bits per heavy atom. The Morgan fingerprint density at radius 3 is 2.57 bits per heavy atom. The summed E-state index contributed by atoms with van der Waals surface area (Å²) in [5.41, 5.74) is 0.562. The van der Waals surface area contributed by atoms with Crippen LogP contribution in [0.4, 0.5) is 8.78 Å². The van der Waals surface area contributed by atoms with Crippen molar-refractivity contribution < 1.29 is 18.3 Å². The number of aryl methyl sites for hydroxylation is 2. The van der Waals surface area contributed by atoms with Crippen LogP contribution in [0.2, 0.25) is 0 Å². The van der Waals surface area contributed by atoms with Crippen molar-refractivity contribution in [3.63, 3.8) is 0 Å². The zero-order chi connectivity index (χ0) is 21.4. The molecule has 0 saturated carbocycles. The fourth-order valence-electron chi connectivity index (χ4n) is 3.46. The first-order valence-corrected chi connectivity index (χ1v) is 9.54. The van der Waals surface area contributed by atoms with E-state index < -0.39 is 23.1 Å². The lowest BCUT2D eigenvalue weighted by atomic mass is 10.1. The van der Waals surface area contributed by atoms with Gasteiger partial charge in [-0.2, -0.15) is 0 Å². The zero-order valence-corrected chi connectivity index (χ0v) is 16.6. The van der Waals surface area contributed by atoms with Gasteiger partial charge in [-0.15, -0.1) is 0 Å². The number of hydrogen-bond donors (Lipinski definition) is 0. The molecule has 30 heavy (non-hydrogen) atoms. The van der Waals surface area contributed by atoms with Gasteiger partial charge in [-0.1, -0.05) is 12.1 Å². The lowest BCUT2D eigenvalue weighted by Gasteiger charge is -2.39. The highest BCUT2D eigenvalue weighted by Gasteiger charge is 2.35. The summed E-state index contributed by atoms with van der Waals surface area (Å²) in [7, 11) is 0. The summed E-state index contributed by atoms with van der Waals surface area (Å²) in [6.07, 6.45) is 1.18. The molecule has 2 aromatic carbocycles. The molecule has 0 bridgehead atoms. The van der Waals surface area contributed by atoms with Crippen molar-refractivity contribution in [3.05, 3.63) is 93.4 Å². The maximum Gasteiger partial charge on any atom is 0.268 e. The Balaban J connectivity index is 1.55. The molecule has 7 heteroatoms. The molecule has 4 rings (SSSR count). The average Bonchev–Trinajstić information content (AvgIpc) is 2.66. The first-order chi connectivity index (χ1) is 14.3. The average molecular weight is 410 g/mol. The summed E-state index contributed by atoms with van der Waals surface area (Å²) in [4.78, 5) is 27.4. The van der Waals surface area contributed by atoms with Crippen LogP contribution in [-0.4, -0.2) is 34.6 Å². The number of hydrogen-bond acceptors (Lipinski definition) is 3. The van der Waals surface area contributed by atoms with Crippen molar-refractivity contribution in [2.75, 3.05) is 13.1 Å². The van der Waals surface area contributed by atoms with Gasteiger partial charge in [0.05, 0.1) is 18.8 Å². The molecule has 1 amide bonds. The van der Waals surface area contributed by atoms with Crippen LogP contribution in [-0.2, 0) is 0 Å². The molecule has 1 aliphatic heterocycles. The fourth-order valence-corrected chi connectivity index (χ4v) is 3.46. The maximum absolute atomic E-state index is 14.2. The van der Waals surface area contributed by atoms with E-state index in [4.69, 9.17) is 4.74 Å². The van der Waals surface area contributed by atoms with E-state index in [-0.39, 0.29) is 17.4 Å². The van der Waals surface area contributed by atoms with Crippen molar-refractivity contribution in [2.45, 2.75) is 20.0 Å². The van der Waals surface area contributed by atoms with Gasteiger partial charge in [-0.25, -0.2) is 8.78 Å². The molecular weight excluding hydrogens is 390 g/mol. The number of rotatable bonds is 4. The number of carbonyl (C=O) groups excluding carboxylic acids is 1. The van der Waals surface area contributed by atoms with Gasteiger partial charge in [0.15, 0.2) is 0 Å². The normalized spacial score (nSPS) is 13.8. The Kier molecular flexibility index (Phi) is 5.11. The van der Waals surface area contributed by atoms with Crippen LogP contribution in [0.25, 0.3) is 5.69 Å². The second-order valence-electron chi connectivity index (χ2n) is 7.41. The topological polar surface area (TPSA) is 51.5 Å². The first-order valence-electron chi connectivity index (χ1n) is 9.54. The van der Waals surface area contributed by atoms with Crippen LogP contribution in [0.1, 0.15) is 21.5 Å². The van der Waals surface area contributed by atoms with Crippen molar-refractivity contribution in [1.29, 1.82) is 0 Å². The van der Waals surface area contributed by atoms with E-state index >= 15 is 0 Å². The molecule has 0 N–H and O–H groups in total. The molecule has 0 unspecified atom stereocenters. The number of amides is 1. The SMILES string of the molecule is Cc1cccc(OC2CN(C(=O)c3c(C)ccn(-c4cc(F)ccc4F)c3=O)C2)c1. The molecule has 5 nitrogen and oxygen atoms in total. The number of nitrogens with zero attached hydrogens (tertiary/aromatic N) is 2. The molecular formula is C23H20F2N2O3. The lowest BCUT2D eigenvalue weighted by Crippen LogP contribution is -2.57. The summed E-state index contributed by atoms with van der Waals surface area (Å²) in [5, 5.41) is 0. The summed E-state index contributed by atoms with van der Waals surface area (Å²) < 4.78 is 34.5. The third kappa shape index (κ3) is 3.70. The molecule has 3 aromatic rings. The highest BCUT2D eigenvalue weighted by atomic mass is 19.1. The van der Waals surface area contributed by atoms with Gasteiger partial charge in [-0.3, -0.25) is 14.2 Å². The molecule has 1 saturated heterocycles. The van der Waals surface area contributed by atoms with E-state index in [1.54, 1.807) is 13.0 Å². The number of ether oxygens (including phenoxy) is 1. The molecule has 0 spiro atoms. The molecule has 1 aromatic heterocycles. The van der Waals surface area contributed by atoms with Crippen LogP contribution >= 0.6 is 0 Å². The minimum Gasteiger partial charge on any atom is -0.487 e. The van der Waals surface area contributed by atoms with Gasteiger partial charge in [0.2, 0.25) is 0 Å². The van der Waals surface area contributed by atoms with E-state index in [2.05, 4.69) is 0 Å². The Hall–Kier alpha value is -3.48. The van der Waals surface area contributed by atoms with Gasteiger partial charge >= 0.3 is 0 Å². The van der Waals surface area contributed by atoms with Crippen molar-refractivity contribution in [2.24, 2.45) is 0 Å². The Morgan fingerprint density at radius 2 is 1.83 bits per heavy atom. The van der Waals surface area contributed by atoms with Crippen molar-refractivity contribution in [3.8, 4) is 11.4 Å². The van der Waals surface area contributed by atoms with E-state index in [9.17, 15) is 18.4 Å². The van der Waals surface area contributed by atoms with Crippen molar-refractivity contribution >= 4 is 5.91 Å². The highest BCUT2D eigenvalue weighted by molar-refractivity contribution is 5.96. The fraction of sp³-hybridized carbons (Fsp3) is 0.217. The third-order valence-corrected chi connectivity index (χ3v) is 5.11. The summed E-state index contributed by atoms with van der Waals surface area (Å²) in [5.74, 6) is -1.15. The lowest BCUT2D eigenvalue weighted by molar-refractivity contribution is 0.0175. The summed E-state index contributed by atoms with van der Waals surface area (Å²) in [6.45, 7) is 4.29. The Labute approximate surface area is 172 Å². The quantitative estimate of drug-likeness (QED) is 0.660. The molecule has 1 fully saturated rings. The predicted molar refractivity (Wildman–Crippen MR) is 108 cm³/mol. The Bertz CT molecular complexity index is 1180. The molecule has 154 valence electrons. The second-order valence-corrected chi connectivity index (χ2v) is 7.41. The van der Waals surface area contributed by atoms with E-state index in [0.29, 0.717) is 18.7 Å². The number of aromatic nitrogens is 1. The molecule has 2 heterocycles. The van der Waals surface area contributed by atoms with Gasteiger partial charge in [0.25, 0.3) is 11.5 Å². The van der Waals surface area contributed by atoms with Crippen LogP contribution in [0, 0.1) is 25.5 Å². The minimum absolute atomic E-state index is 0.0600. The van der Waals surface area contributed by atoms with E-state index in [0.717, 1.165) is 34.1 Å². The van der Waals surface area contributed by atoms with Crippen molar-refractivity contribution in [1.82, 2.24) is 9.47 Å². The van der Waals surface area contributed by atoms with Gasteiger partial charge in [-0.05, 0) is 55.3 Å². The smallest absolute Gasteiger partial charge is 0.268 e. The van der Waals surface area contributed by atoms with Gasteiger partial charge in [0, 0.05) is 12.3 Å². The third-order valence-electron chi connectivity index (χ3n) is 5.11. The van der Waals surface area contributed by atoms with Gasteiger partial charge < -0.3 is 9.64 Å². The maximum atomic E-state index is 14.2. The van der Waals surface area contributed by atoms with Gasteiger partial charge in [0.1, 0.15) is 29.1 Å². The second kappa shape index (κ2) is 7.74. The highest BCUT2D eigenvalue weighted by Crippen LogP contribution is 2.21. The van der Waals surface area contributed by atoms with Crippen LogP contribution in [0.3, 0.4) is 0 Å². The van der Waals surface area contributed by atoms with Crippen LogP contribution < -0.4 is 10.3 Å². The van der Waals surface area contributed by atoms with Crippen LogP contribution in [0.5, 0.6) is 5.75 Å². The molecule has 0 radical (unpaired) electrons. The summed E-state index contributed by atoms with van der Waals surface area (Å²) >= 11 is 0. The molecule has 1 aliphatic rings. The van der Waals surface area contributed by atoms with Crippen LogP contribution in [0.15, 0.2) is 59.5 Å². The monoisotopic (exact) mass is 410 g/mol. The predicted octanol–water partition coefficient (Wildman–Crippen LogP) is 3.64. The number of halogens is 2. The number of pyridine rings is 1. The largest absolute Gasteiger partial charge is 0.487 e. The number of likely N-dealkylation sites (tertiary alicyclic amines) is 1.